The van der Waals surface area contributed by atoms with Gasteiger partial charge in [-0.1, -0.05) is 6.07 Å². The minimum Gasteiger partial charge on any atom is -0.383 e. The summed E-state index contributed by atoms with van der Waals surface area (Å²) in [5.74, 6) is 0.829. The number of rotatable bonds is 8. The number of nitrogens with zero attached hydrogens (tertiary/aromatic N) is 7. The van der Waals surface area contributed by atoms with Gasteiger partial charge in [0, 0.05) is 61.6 Å². The van der Waals surface area contributed by atoms with E-state index >= 15 is 4.39 Å². The van der Waals surface area contributed by atoms with Gasteiger partial charge in [-0.2, -0.15) is 5.26 Å². The standard InChI is InChI=1S/C32H30FN7O2/c1-38-18-35-37-31(38)25-9-19(14-34)3-6-24(25)22-12-29(21-4-5-21)36-30(13-22)40-16-27-26(32(40)41)10-20(11-28(27)33)15-39-8-7-23(39)17-42-2/h3,6,9-13,18,21,23H,4-5,7-8,15-17H2,1-2H3/t23-/m1/s1. The first-order valence-corrected chi connectivity index (χ1v) is 14.2. The highest BCUT2D eigenvalue weighted by molar-refractivity contribution is 6.10. The Labute approximate surface area is 243 Å². The molecule has 9 nitrogen and oxygen atoms in total. The van der Waals surface area contributed by atoms with Gasteiger partial charge in [0.1, 0.15) is 18.0 Å². The summed E-state index contributed by atoms with van der Waals surface area (Å²) >= 11 is 0. The lowest BCUT2D eigenvalue weighted by Gasteiger charge is -2.40. The zero-order valence-electron chi connectivity index (χ0n) is 23.5. The van der Waals surface area contributed by atoms with Crippen LogP contribution in [-0.2, 0) is 24.9 Å². The summed E-state index contributed by atoms with van der Waals surface area (Å²) in [5.41, 5.74) is 5.47. The van der Waals surface area contributed by atoms with Crippen LogP contribution in [0.1, 0.15) is 57.9 Å². The van der Waals surface area contributed by atoms with Crippen LogP contribution in [0.25, 0.3) is 22.5 Å². The van der Waals surface area contributed by atoms with Gasteiger partial charge >= 0.3 is 0 Å². The molecule has 42 heavy (non-hydrogen) atoms. The van der Waals surface area contributed by atoms with Crippen LogP contribution in [0, 0.1) is 17.1 Å². The number of pyridine rings is 1. The lowest BCUT2D eigenvalue weighted by Crippen LogP contribution is -2.49. The SMILES string of the molecule is COC[C@H]1CCN1Cc1cc(F)c2c(c1)C(=O)N(c1cc(-c3ccc(C#N)cc3-c3nncn3C)cc(C3CC3)n1)C2. The van der Waals surface area contributed by atoms with Gasteiger partial charge < -0.3 is 9.30 Å². The van der Waals surface area contributed by atoms with E-state index in [1.54, 1.807) is 36.5 Å². The molecule has 0 spiro atoms. The van der Waals surface area contributed by atoms with E-state index in [4.69, 9.17) is 9.72 Å². The summed E-state index contributed by atoms with van der Waals surface area (Å²) in [4.78, 5) is 22.5. The Balaban J connectivity index is 1.26. The zero-order valence-corrected chi connectivity index (χ0v) is 23.5. The summed E-state index contributed by atoms with van der Waals surface area (Å²) in [6.07, 6.45) is 4.74. The Bertz CT molecular complexity index is 1760. The van der Waals surface area contributed by atoms with E-state index in [1.165, 1.54) is 0 Å². The summed E-state index contributed by atoms with van der Waals surface area (Å²) in [7, 11) is 3.54. The molecule has 0 radical (unpaired) electrons. The van der Waals surface area contributed by atoms with Crippen molar-refractivity contribution in [3.8, 4) is 28.6 Å². The van der Waals surface area contributed by atoms with Crippen LogP contribution in [-0.4, -0.2) is 56.9 Å². The number of aryl methyl sites for hydroxylation is 1. The predicted octanol–water partition coefficient (Wildman–Crippen LogP) is 4.81. The van der Waals surface area contributed by atoms with Crippen molar-refractivity contribution < 1.29 is 13.9 Å². The zero-order chi connectivity index (χ0) is 29.0. The second-order valence-corrected chi connectivity index (χ2v) is 11.4. The molecule has 0 bridgehead atoms. The number of likely N-dealkylation sites (tertiary alicyclic amines) is 1. The van der Waals surface area contributed by atoms with E-state index in [1.807, 2.05) is 29.8 Å². The van der Waals surface area contributed by atoms with Crippen molar-refractivity contribution >= 4 is 11.7 Å². The molecule has 0 unspecified atom stereocenters. The highest BCUT2D eigenvalue weighted by Crippen LogP contribution is 2.43. The molecule has 1 aliphatic carbocycles. The quantitative estimate of drug-likeness (QED) is 0.303. The molecule has 1 saturated heterocycles. The predicted molar refractivity (Wildman–Crippen MR) is 154 cm³/mol. The highest BCUT2D eigenvalue weighted by atomic mass is 19.1. The second-order valence-electron chi connectivity index (χ2n) is 11.4. The maximum atomic E-state index is 15.4. The van der Waals surface area contributed by atoms with Gasteiger partial charge in [0.05, 0.1) is 24.8 Å². The van der Waals surface area contributed by atoms with Crippen LogP contribution in [0.15, 0.2) is 48.8 Å². The Morgan fingerprint density at radius 2 is 1.95 bits per heavy atom. The number of carbonyl (C=O) groups excluding carboxylic acids is 1. The first-order valence-electron chi connectivity index (χ1n) is 14.2. The van der Waals surface area contributed by atoms with Crippen molar-refractivity contribution in [3.63, 3.8) is 0 Å². The van der Waals surface area contributed by atoms with Gasteiger partial charge in [-0.05, 0) is 72.4 Å². The maximum absolute atomic E-state index is 15.4. The van der Waals surface area contributed by atoms with Gasteiger partial charge in [-0.3, -0.25) is 14.6 Å². The van der Waals surface area contributed by atoms with Crippen molar-refractivity contribution in [2.24, 2.45) is 7.05 Å². The molecule has 0 N–H and O–H groups in total. The van der Waals surface area contributed by atoms with Crippen molar-refractivity contribution in [1.82, 2.24) is 24.6 Å². The van der Waals surface area contributed by atoms with Crippen LogP contribution in [0.5, 0.6) is 0 Å². The number of hydrogen-bond donors (Lipinski definition) is 0. The van der Waals surface area contributed by atoms with E-state index in [0.717, 1.165) is 53.8 Å². The van der Waals surface area contributed by atoms with E-state index < -0.39 is 0 Å². The first-order chi connectivity index (χ1) is 20.4. The normalized spacial score (nSPS) is 18.2. The number of fused-ring (bicyclic) bond motifs is 1. The van der Waals surface area contributed by atoms with Crippen LogP contribution >= 0.6 is 0 Å². The number of aromatic nitrogens is 4. The van der Waals surface area contributed by atoms with Crippen LogP contribution in [0.2, 0.25) is 0 Å². The third-order valence-corrected chi connectivity index (χ3v) is 8.57. The fraction of sp³-hybridized carbons (Fsp3) is 0.344. The fourth-order valence-corrected chi connectivity index (χ4v) is 6.01. The lowest BCUT2D eigenvalue weighted by molar-refractivity contribution is 0.0177. The molecule has 1 amide bonds. The van der Waals surface area contributed by atoms with Crippen LogP contribution < -0.4 is 4.90 Å². The number of hydrogen-bond acceptors (Lipinski definition) is 7. The molecule has 3 aliphatic rings. The van der Waals surface area contributed by atoms with E-state index in [2.05, 4.69) is 27.2 Å². The largest absolute Gasteiger partial charge is 0.383 e. The number of amides is 1. The number of ether oxygens (including phenoxy) is 1. The monoisotopic (exact) mass is 563 g/mol. The molecule has 212 valence electrons. The highest BCUT2D eigenvalue weighted by Gasteiger charge is 2.35. The molecule has 1 saturated carbocycles. The van der Waals surface area contributed by atoms with Gasteiger partial charge in [-0.25, -0.2) is 9.37 Å². The molecule has 7 rings (SSSR count). The topological polar surface area (TPSA) is 100 Å². The number of halogens is 1. The van der Waals surface area contributed by atoms with Gasteiger partial charge in [0.2, 0.25) is 0 Å². The average Bonchev–Trinajstić information content (AvgIpc) is 3.68. The lowest BCUT2D eigenvalue weighted by atomic mass is 9.96. The summed E-state index contributed by atoms with van der Waals surface area (Å²) in [5, 5.41) is 17.9. The number of methoxy groups -OCH3 is 1. The Hall–Kier alpha value is -4.46. The van der Waals surface area contributed by atoms with Gasteiger partial charge in [0.15, 0.2) is 5.82 Å². The van der Waals surface area contributed by atoms with Gasteiger partial charge in [0.25, 0.3) is 5.91 Å². The molecule has 4 aromatic rings. The average molecular weight is 564 g/mol. The molecule has 2 aromatic carbocycles. The molecule has 2 fully saturated rings. The second kappa shape index (κ2) is 10.4. The smallest absolute Gasteiger partial charge is 0.260 e. The third-order valence-electron chi connectivity index (χ3n) is 8.57. The maximum Gasteiger partial charge on any atom is 0.260 e. The van der Waals surface area contributed by atoms with Crippen molar-refractivity contribution in [1.29, 1.82) is 5.26 Å². The minimum atomic E-state index is -0.364. The summed E-state index contributed by atoms with van der Waals surface area (Å²) in [6, 6.07) is 15.3. The van der Waals surface area contributed by atoms with E-state index in [0.29, 0.717) is 53.4 Å². The Kier molecular flexibility index (Phi) is 6.56. The molecular weight excluding hydrogens is 533 g/mol. The summed E-state index contributed by atoms with van der Waals surface area (Å²) < 4.78 is 22.5. The van der Waals surface area contributed by atoms with Gasteiger partial charge in [-0.15, -0.1) is 10.2 Å². The van der Waals surface area contributed by atoms with Crippen LogP contribution in [0.4, 0.5) is 10.2 Å². The molecular formula is C32H30FN7O2. The number of nitriles is 1. The van der Waals surface area contributed by atoms with Crippen molar-refractivity contribution in [3.05, 3.63) is 82.6 Å². The Morgan fingerprint density at radius 3 is 2.64 bits per heavy atom. The molecule has 2 aromatic heterocycles. The molecule has 10 heteroatoms. The first kappa shape index (κ1) is 26.4. The van der Waals surface area contributed by atoms with Crippen LogP contribution in [0.3, 0.4) is 0 Å². The number of benzene rings is 2. The Morgan fingerprint density at radius 1 is 1.10 bits per heavy atom. The number of carbonyl (C=O) groups is 1. The summed E-state index contributed by atoms with van der Waals surface area (Å²) in [6.45, 7) is 2.27. The van der Waals surface area contributed by atoms with E-state index in [9.17, 15) is 10.1 Å². The van der Waals surface area contributed by atoms with E-state index in [-0.39, 0.29) is 18.3 Å². The van der Waals surface area contributed by atoms with Crippen molar-refractivity contribution in [2.75, 3.05) is 25.2 Å². The molecule has 1 atom stereocenters. The fourth-order valence-electron chi connectivity index (χ4n) is 6.01. The van der Waals surface area contributed by atoms with Crippen molar-refractivity contribution in [2.45, 2.75) is 44.3 Å². The minimum absolute atomic E-state index is 0.125. The third kappa shape index (κ3) is 4.65. The number of anilines is 1. The molecule has 4 heterocycles. The molecule has 2 aliphatic heterocycles.